The fourth-order valence-corrected chi connectivity index (χ4v) is 3.07. The minimum atomic E-state index is -0.0725. The summed E-state index contributed by atoms with van der Waals surface area (Å²) in [6, 6.07) is 4.11. The number of esters is 1. The zero-order valence-electron chi connectivity index (χ0n) is 13.5. The van der Waals surface area contributed by atoms with Crippen LogP contribution < -0.4 is 4.74 Å². The highest BCUT2D eigenvalue weighted by Crippen LogP contribution is 2.26. The number of hydrogen-bond acceptors (Lipinski definition) is 4. The summed E-state index contributed by atoms with van der Waals surface area (Å²) in [7, 11) is 1.46. The first-order valence-electron chi connectivity index (χ1n) is 7.71. The highest BCUT2D eigenvalue weighted by atomic mass is 79.9. The second-order valence-corrected chi connectivity index (χ2v) is 6.65. The number of rotatable bonds is 5. The van der Waals surface area contributed by atoms with Crippen molar-refractivity contribution in [3.05, 3.63) is 27.7 Å². The number of piperidine rings is 1. The summed E-state index contributed by atoms with van der Waals surface area (Å²) in [6.07, 6.45) is 1.76. The molecule has 0 aliphatic carbocycles. The Labute approximate surface area is 140 Å². The van der Waals surface area contributed by atoms with Crippen LogP contribution in [0.1, 0.15) is 24.0 Å². The molecule has 0 spiro atoms. The van der Waals surface area contributed by atoms with E-state index in [0.29, 0.717) is 6.61 Å². The van der Waals surface area contributed by atoms with Gasteiger partial charge in [0, 0.05) is 11.0 Å². The van der Waals surface area contributed by atoms with Crippen molar-refractivity contribution < 1.29 is 14.3 Å². The van der Waals surface area contributed by atoms with Crippen molar-refractivity contribution >= 4 is 21.9 Å². The summed E-state index contributed by atoms with van der Waals surface area (Å²) in [5, 5.41) is 0. The molecule has 0 aromatic heterocycles. The van der Waals surface area contributed by atoms with Crippen molar-refractivity contribution in [3.8, 4) is 5.75 Å². The molecule has 0 saturated carbocycles. The van der Waals surface area contributed by atoms with Crippen LogP contribution >= 0.6 is 15.9 Å². The maximum Gasteiger partial charge on any atom is 0.308 e. The lowest BCUT2D eigenvalue weighted by Gasteiger charge is -2.30. The smallest absolute Gasteiger partial charge is 0.308 e. The van der Waals surface area contributed by atoms with E-state index in [-0.39, 0.29) is 11.9 Å². The van der Waals surface area contributed by atoms with Gasteiger partial charge in [-0.1, -0.05) is 15.9 Å². The van der Waals surface area contributed by atoms with Crippen molar-refractivity contribution in [2.75, 3.05) is 33.4 Å². The van der Waals surface area contributed by atoms with Crippen molar-refractivity contribution in [1.82, 2.24) is 4.90 Å². The monoisotopic (exact) mass is 369 g/mol. The van der Waals surface area contributed by atoms with Crippen molar-refractivity contribution in [1.29, 1.82) is 0 Å². The second-order valence-electron chi connectivity index (χ2n) is 5.86. The first-order chi connectivity index (χ1) is 10.5. The van der Waals surface area contributed by atoms with Gasteiger partial charge in [0.2, 0.25) is 0 Å². The predicted octanol–water partition coefficient (Wildman–Crippen LogP) is 3.33. The highest BCUT2D eigenvalue weighted by molar-refractivity contribution is 9.10. The Morgan fingerprint density at radius 3 is 2.41 bits per heavy atom. The average molecular weight is 370 g/mol. The summed E-state index contributed by atoms with van der Waals surface area (Å²) < 4.78 is 11.8. The van der Waals surface area contributed by atoms with Crippen LogP contribution in [0.15, 0.2) is 16.6 Å². The fourth-order valence-electron chi connectivity index (χ4n) is 2.84. The zero-order chi connectivity index (χ0) is 16.1. The molecule has 4 nitrogen and oxygen atoms in total. The molecule has 0 bridgehead atoms. The van der Waals surface area contributed by atoms with Crippen molar-refractivity contribution in [2.24, 2.45) is 5.92 Å². The maximum absolute atomic E-state index is 11.5. The number of carbonyl (C=O) groups excluding carboxylic acids is 1. The lowest BCUT2D eigenvalue weighted by molar-refractivity contribution is -0.147. The average Bonchev–Trinajstić information content (AvgIpc) is 2.52. The van der Waals surface area contributed by atoms with Gasteiger partial charge in [0.25, 0.3) is 0 Å². The number of aryl methyl sites for hydroxylation is 2. The van der Waals surface area contributed by atoms with Crippen LogP contribution in [-0.2, 0) is 9.53 Å². The number of carbonyl (C=O) groups is 1. The molecule has 5 heteroatoms. The van der Waals surface area contributed by atoms with Crippen LogP contribution in [0.5, 0.6) is 5.75 Å². The van der Waals surface area contributed by atoms with Gasteiger partial charge in [-0.25, -0.2) is 0 Å². The molecule has 1 aromatic rings. The van der Waals surface area contributed by atoms with Gasteiger partial charge in [0.05, 0.1) is 13.0 Å². The molecule has 1 aromatic carbocycles. The van der Waals surface area contributed by atoms with Gasteiger partial charge >= 0.3 is 5.97 Å². The molecule has 1 aliphatic rings. The lowest BCUT2D eigenvalue weighted by Crippen LogP contribution is -2.38. The normalized spacial score (nSPS) is 16.5. The number of methoxy groups -OCH3 is 1. The molecule has 0 radical (unpaired) electrons. The van der Waals surface area contributed by atoms with Crippen LogP contribution in [0.4, 0.5) is 0 Å². The summed E-state index contributed by atoms with van der Waals surface area (Å²) >= 11 is 3.57. The molecule has 0 unspecified atom stereocenters. The number of benzene rings is 1. The first-order valence-corrected chi connectivity index (χ1v) is 8.50. The third kappa shape index (κ3) is 4.46. The number of nitrogens with zero attached hydrogens (tertiary/aromatic N) is 1. The largest absolute Gasteiger partial charge is 0.492 e. The second kappa shape index (κ2) is 7.97. The number of hydrogen-bond donors (Lipinski definition) is 0. The Morgan fingerprint density at radius 1 is 1.27 bits per heavy atom. The molecule has 1 fully saturated rings. The van der Waals surface area contributed by atoms with Crippen LogP contribution in [0.3, 0.4) is 0 Å². The topological polar surface area (TPSA) is 38.8 Å². The van der Waals surface area contributed by atoms with E-state index in [4.69, 9.17) is 9.47 Å². The zero-order valence-corrected chi connectivity index (χ0v) is 15.1. The van der Waals surface area contributed by atoms with E-state index in [1.165, 1.54) is 18.2 Å². The molecule has 1 aliphatic heterocycles. The van der Waals surface area contributed by atoms with E-state index in [2.05, 4.69) is 46.8 Å². The van der Waals surface area contributed by atoms with Gasteiger partial charge in [0.15, 0.2) is 0 Å². The summed E-state index contributed by atoms with van der Waals surface area (Å²) in [5.41, 5.74) is 2.38. The molecule has 2 rings (SSSR count). The number of likely N-dealkylation sites (tertiary alicyclic amines) is 1. The molecular formula is C17H24BrNO3. The molecule has 0 atom stereocenters. The van der Waals surface area contributed by atoms with Gasteiger partial charge < -0.3 is 9.47 Å². The quantitative estimate of drug-likeness (QED) is 0.746. The Kier molecular flexibility index (Phi) is 6.26. The van der Waals surface area contributed by atoms with Crippen LogP contribution in [-0.4, -0.2) is 44.2 Å². The molecular weight excluding hydrogens is 346 g/mol. The van der Waals surface area contributed by atoms with E-state index in [0.717, 1.165) is 42.7 Å². The van der Waals surface area contributed by atoms with E-state index < -0.39 is 0 Å². The number of halogens is 1. The standard InChI is InChI=1S/C17H24BrNO3/c1-12-10-15(11-13(2)16(12)18)22-9-8-19-6-4-14(5-7-19)17(20)21-3/h10-11,14H,4-9H2,1-3H3. The fraction of sp³-hybridized carbons (Fsp3) is 0.588. The molecule has 1 saturated heterocycles. The van der Waals surface area contributed by atoms with E-state index in [1.807, 2.05) is 0 Å². The van der Waals surface area contributed by atoms with Crippen molar-refractivity contribution in [2.45, 2.75) is 26.7 Å². The van der Waals surface area contributed by atoms with Gasteiger partial charge in [-0.15, -0.1) is 0 Å². The summed E-state index contributed by atoms with van der Waals surface area (Å²) in [6.45, 7) is 7.57. The Morgan fingerprint density at radius 2 is 1.86 bits per heavy atom. The Hall–Kier alpha value is -1.07. The summed E-state index contributed by atoms with van der Waals surface area (Å²) in [4.78, 5) is 13.8. The van der Waals surface area contributed by atoms with Gasteiger partial charge in [-0.05, 0) is 63.0 Å². The minimum absolute atomic E-state index is 0.0685. The van der Waals surface area contributed by atoms with Crippen LogP contribution in [0, 0.1) is 19.8 Å². The Balaban J connectivity index is 1.75. The van der Waals surface area contributed by atoms with Gasteiger partial charge in [0.1, 0.15) is 12.4 Å². The molecule has 0 N–H and O–H groups in total. The maximum atomic E-state index is 11.5. The molecule has 0 amide bonds. The van der Waals surface area contributed by atoms with Gasteiger partial charge in [-0.2, -0.15) is 0 Å². The van der Waals surface area contributed by atoms with E-state index in [9.17, 15) is 4.79 Å². The van der Waals surface area contributed by atoms with E-state index >= 15 is 0 Å². The summed E-state index contributed by atoms with van der Waals surface area (Å²) in [5.74, 6) is 0.915. The SMILES string of the molecule is COC(=O)C1CCN(CCOc2cc(C)c(Br)c(C)c2)CC1. The van der Waals surface area contributed by atoms with Crippen molar-refractivity contribution in [3.63, 3.8) is 0 Å². The Bertz CT molecular complexity index is 502. The predicted molar refractivity (Wildman–Crippen MR) is 90.3 cm³/mol. The number of ether oxygens (including phenoxy) is 2. The minimum Gasteiger partial charge on any atom is -0.492 e. The van der Waals surface area contributed by atoms with Crippen LogP contribution in [0.25, 0.3) is 0 Å². The van der Waals surface area contributed by atoms with Crippen LogP contribution in [0.2, 0.25) is 0 Å². The molecule has 122 valence electrons. The molecule has 1 heterocycles. The van der Waals surface area contributed by atoms with E-state index in [1.54, 1.807) is 0 Å². The highest BCUT2D eigenvalue weighted by Gasteiger charge is 2.25. The molecule has 22 heavy (non-hydrogen) atoms. The van der Waals surface area contributed by atoms with Gasteiger partial charge in [-0.3, -0.25) is 9.69 Å². The third-order valence-corrected chi connectivity index (χ3v) is 5.46. The lowest BCUT2D eigenvalue weighted by atomic mass is 9.97. The first kappa shape index (κ1) is 17.3. The third-order valence-electron chi connectivity index (χ3n) is 4.21.